The highest BCUT2D eigenvalue weighted by Gasteiger charge is 2.11. The molecule has 2 aromatic rings. The summed E-state index contributed by atoms with van der Waals surface area (Å²) in [5, 5.41) is 10.3. The minimum Gasteiger partial charge on any atom is -0.388 e. The van der Waals surface area contributed by atoms with E-state index in [2.05, 4.69) is 15.9 Å². The zero-order valence-corrected chi connectivity index (χ0v) is 12.5. The van der Waals surface area contributed by atoms with Gasteiger partial charge in [0.2, 0.25) is 0 Å². The molecule has 0 saturated heterocycles. The van der Waals surface area contributed by atoms with Crippen LogP contribution >= 0.6 is 15.9 Å². The van der Waals surface area contributed by atoms with Gasteiger partial charge >= 0.3 is 0 Å². The maximum absolute atomic E-state index is 13.0. The van der Waals surface area contributed by atoms with Crippen LogP contribution in [0.3, 0.4) is 0 Å². The topological polar surface area (TPSA) is 20.2 Å². The lowest BCUT2D eigenvalue weighted by Gasteiger charge is -2.14. The molecule has 0 aromatic heterocycles. The van der Waals surface area contributed by atoms with Crippen molar-refractivity contribution in [2.45, 2.75) is 26.4 Å². The summed E-state index contributed by atoms with van der Waals surface area (Å²) in [6, 6.07) is 10.5. The summed E-state index contributed by atoms with van der Waals surface area (Å²) in [5.41, 5.74) is 3.82. The summed E-state index contributed by atoms with van der Waals surface area (Å²) in [4.78, 5) is 0. The molecule has 1 atom stereocenters. The third-order valence-electron chi connectivity index (χ3n) is 3.30. The van der Waals surface area contributed by atoms with E-state index in [9.17, 15) is 9.50 Å². The predicted octanol–water partition coefficient (Wildman–Crippen LogP) is 4.48. The SMILES string of the molecule is Cc1ccc(C(O)Cc2ccc(F)cc2C)cc1Br. The largest absolute Gasteiger partial charge is 0.388 e. The van der Waals surface area contributed by atoms with Gasteiger partial charge in [-0.1, -0.05) is 34.1 Å². The van der Waals surface area contributed by atoms with Crippen LogP contribution in [0.4, 0.5) is 4.39 Å². The molecule has 2 rings (SSSR count). The molecule has 19 heavy (non-hydrogen) atoms. The summed E-state index contributed by atoms with van der Waals surface area (Å²) >= 11 is 3.46. The lowest BCUT2D eigenvalue weighted by Crippen LogP contribution is -2.03. The van der Waals surface area contributed by atoms with Gasteiger partial charge in [-0.05, 0) is 54.3 Å². The van der Waals surface area contributed by atoms with E-state index in [-0.39, 0.29) is 5.82 Å². The van der Waals surface area contributed by atoms with E-state index < -0.39 is 6.10 Å². The van der Waals surface area contributed by atoms with Gasteiger partial charge in [0.05, 0.1) is 6.10 Å². The molecule has 0 fully saturated rings. The lowest BCUT2D eigenvalue weighted by atomic mass is 9.97. The maximum Gasteiger partial charge on any atom is 0.123 e. The highest BCUT2D eigenvalue weighted by Crippen LogP contribution is 2.25. The van der Waals surface area contributed by atoms with Gasteiger partial charge in [-0.2, -0.15) is 0 Å². The van der Waals surface area contributed by atoms with Crippen LogP contribution in [0.1, 0.15) is 28.4 Å². The Morgan fingerprint density at radius 2 is 1.84 bits per heavy atom. The van der Waals surface area contributed by atoms with Crippen LogP contribution in [-0.4, -0.2) is 5.11 Å². The molecule has 0 aliphatic carbocycles. The molecule has 0 aliphatic heterocycles. The van der Waals surface area contributed by atoms with E-state index in [0.29, 0.717) is 6.42 Å². The zero-order chi connectivity index (χ0) is 14.0. The van der Waals surface area contributed by atoms with Crippen LogP contribution in [0.5, 0.6) is 0 Å². The van der Waals surface area contributed by atoms with Crippen molar-refractivity contribution in [2.24, 2.45) is 0 Å². The molecule has 1 nitrogen and oxygen atoms in total. The Labute approximate surface area is 121 Å². The van der Waals surface area contributed by atoms with Crippen molar-refractivity contribution >= 4 is 15.9 Å². The third kappa shape index (κ3) is 3.43. The minimum absolute atomic E-state index is 0.242. The van der Waals surface area contributed by atoms with Gasteiger partial charge in [-0.3, -0.25) is 0 Å². The first-order valence-electron chi connectivity index (χ1n) is 6.16. The molecule has 0 spiro atoms. The lowest BCUT2D eigenvalue weighted by molar-refractivity contribution is 0.178. The summed E-state index contributed by atoms with van der Waals surface area (Å²) in [6.45, 7) is 3.86. The average Bonchev–Trinajstić information content (AvgIpc) is 2.36. The second kappa shape index (κ2) is 5.85. The van der Waals surface area contributed by atoms with Crippen molar-refractivity contribution in [1.29, 1.82) is 0 Å². The summed E-state index contributed by atoms with van der Waals surface area (Å²) in [7, 11) is 0. The van der Waals surface area contributed by atoms with E-state index in [1.54, 1.807) is 6.07 Å². The predicted molar refractivity (Wildman–Crippen MR) is 78.7 cm³/mol. The molecule has 0 saturated carbocycles. The van der Waals surface area contributed by atoms with Gasteiger partial charge in [0.25, 0.3) is 0 Å². The highest BCUT2D eigenvalue weighted by molar-refractivity contribution is 9.10. The standard InChI is InChI=1S/C16H16BrFO/c1-10-3-4-13(8-15(10)17)16(19)9-12-5-6-14(18)7-11(12)2/h3-8,16,19H,9H2,1-2H3. The first kappa shape index (κ1) is 14.2. The van der Waals surface area contributed by atoms with Crippen LogP contribution in [0.15, 0.2) is 40.9 Å². The zero-order valence-electron chi connectivity index (χ0n) is 11.0. The van der Waals surface area contributed by atoms with Gasteiger partial charge in [-0.25, -0.2) is 4.39 Å². The van der Waals surface area contributed by atoms with Gasteiger partial charge < -0.3 is 5.11 Å². The Balaban J connectivity index is 2.20. The number of rotatable bonds is 3. The minimum atomic E-state index is -0.582. The Kier molecular flexibility index (Phi) is 4.38. The molecule has 0 amide bonds. The fraction of sp³-hybridized carbons (Fsp3) is 0.250. The summed E-state index contributed by atoms with van der Waals surface area (Å²) < 4.78 is 14.0. The van der Waals surface area contributed by atoms with Gasteiger partial charge in [0, 0.05) is 10.9 Å². The van der Waals surface area contributed by atoms with Crippen LogP contribution < -0.4 is 0 Å². The quantitative estimate of drug-likeness (QED) is 0.883. The number of halogens is 2. The average molecular weight is 323 g/mol. The van der Waals surface area contributed by atoms with Crippen molar-refractivity contribution in [3.8, 4) is 0 Å². The number of aryl methyl sites for hydroxylation is 2. The summed E-state index contributed by atoms with van der Waals surface area (Å²) in [6.07, 6.45) is -0.0946. The van der Waals surface area contributed by atoms with E-state index in [1.807, 2.05) is 32.0 Å². The van der Waals surface area contributed by atoms with Crippen LogP contribution in [-0.2, 0) is 6.42 Å². The molecule has 0 radical (unpaired) electrons. The smallest absolute Gasteiger partial charge is 0.123 e. The van der Waals surface area contributed by atoms with Crippen LogP contribution in [0, 0.1) is 19.7 Å². The number of hydrogen-bond donors (Lipinski definition) is 1. The third-order valence-corrected chi connectivity index (χ3v) is 4.15. The van der Waals surface area contributed by atoms with Gasteiger partial charge in [-0.15, -0.1) is 0 Å². The Morgan fingerprint density at radius 1 is 1.11 bits per heavy atom. The fourth-order valence-corrected chi connectivity index (χ4v) is 2.43. The molecule has 0 heterocycles. The monoisotopic (exact) mass is 322 g/mol. The highest BCUT2D eigenvalue weighted by atomic mass is 79.9. The molecule has 1 unspecified atom stereocenters. The molecule has 3 heteroatoms. The number of hydrogen-bond acceptors (Lipinski definition) is 1. The molecule has 0 aliphatic rings. The number of aliphatic hydroxyl groups is 1. The van der Waals surface area contributed by atoms with Crippen LogP contribution in [0.25, 0.3) is 0 Å². The first-order valence-corrected chi connectivity index (χ1v) is 6.96. The van der Waals surface area contributed by atoms with E-state index in [4.69, 9.17) is 0 Å². The van der Waals surface area contributed by atoms with Crippen molar-refractivity contribution in [2.75, 3.05) is 0 Å². The van der Waals surface area contributed by atoms with Crippen LogP contribution in [0.2, 0.25) is 0 Å². The van der Waals surface area contributed by atoms with Crippen molar-refractivity contribution < 1.29 is 9.50 Å². The Morgan fingerprint density at radius 3 is 2.47 bits per heavy atom. The molecular weight excluding hydrogens is 307 g/mol. The van der Waals surface area contributed by atoms with E-state index in [0.717, 1.165) is 26.7 Å². The second-order valence-electron chi connectivity index (χ2n) is 4.80. The Hall–Kier alpha value is -1.19. The molecule has 100 valence electrons. The summed E-state index contributed by atoms with van der Waals surface area (Å²) in [5.74, 6) is -0.242. The first-order chi connectivity index (χ1) is 8.97. The van der Waals surface area contributed by atoms with Gasteiger partial charge in [0.1, 0.15) is 5.82 Å². The van der Waals surface area contributed by atoms with Crippen molar-refractivity contribution in [1.82, 2.24) is 0 Å². The van der Waals surface area contributed by atoms with Gasteiger partial charge in [0.15, 0.2) is 0 Å². The van der Waals surface area contributed by atoms with E-state index in [1.165, 1.54) is 12.1 Å². The molecular formula is C16H16BrFO. The maximum atomic E-state index is 13.0. The molecule has 0 bridgehead atoms. The number of aliphatic hydroxyl groups excluding tert-OH is 1. The second-order valence-corrected chi connectivity index (χ2v) is 5.65. The van der Waals surface area contributed by atoms with Crippen molar-refractivity contribution in [3.63, 3.8) is 0 Å². The fourth-order valence-electron chi connectivity index (χ4n) is 2.03. The normalized spacial score (nSPS) is 12.5. The Bertz CT molecular complexity index is 595. The molecule has 1 N–H and O–H groups in total. The van der Waals surface area contributed by atoms with E-state index >= 15 is 0 Å². The van der Waals surface area contributed by atoms with Crippen molar-refractivity contribution in [3.05, 3.63) is 68.9 Å². The number of benzene rings is 2. The molecule has 2 aromatic carbocycles.